The summed E-state index contributed by atoms with van der Waals surface area (Å²) in [4.78, 5) is 24.9. The average Bonchev–Trinajstić information content (AvgIpc) is 2.61. The van der Waals surface area contributed by atoms with Crippen LogP contribution in [0.15, 0.2) is 0 Å². The van der Waals surface area contributed by atoms with Gasteiger partial charge in [-0.15, -0.1) is 0 Å². The lowest BCUT2D eigenvalue weighted by molar-refractivity contribution is -0.143. The number of carbonyl (C=O) groups is 2. The molecule has 5 nitrogen and oxygen atoms in total. The van der Waals surface area contributed by atoms with Crippen molar-refractivity contribution in [3.05, 3.63) is 0 Å². The Morgan fingerprint density at radius 3 is 2.33 bits per heavy atom. The molecule has 1 aliphatic heterocycles. The van der Waals surface area contributed by atoms with Gasteiger partial charge in [0, 0.05) is 18.6 Å². The van der Waals surface area contributed by atoms with Crippen molar-refractivity contribution >= 4 is 11.9 Å². The first-order chi connectivity index (χ1) is 8.23. The summed E-state index contributed by atoms with van der Waals surface area (Å²) in [6, 6.07) is 0. The molecule has 0 aromatic rings. The number of hydrogen-bond donors (Lipinski definition) is 2. The van der Waals surface area contributed by atoms with Gasteiger partial charge in [0.1, 0.15) is 0 Å². The van der Waals surface area contributed by atoms with E-state index in [1.54, 1.807) is 4.90 Å². The van der Waals surface area contributed by atoms with E-state index in [1.807, 2.05) is 20.8 Å². The van der Waals surface area contributed by atoms with Gasteiger partial charge in [-0.2, -0.15) is 0 Å². The van der Waals surface area contributed by atoms with E-state index in [-0.39, 0.29) is 30.3 Å². The van der Waals surface area contributed by atoms with Crippen molar-refractivity contribution in [1.29, 1.82) is 0 Å². The van der Waals surface area contributed by atoms with Crippen LogP contribution >= 0.6 is 0 Å². The maximum Gasteiger partial charge on any atom is 0.305 e. The fourth-order valence-electron chi connectivity index (χ4n) is 2.32. The number of nitrogens with zero attached hydrogens (tertiary/aromatic N) is 1. The molecule has 0 aromatic heterocycles. The van der Waals surface area contributed by atoms with Crippen LogP contribution < -0.4 is 5.32 Å². The minimum Gasteiger partial charge on any atom is -0.481 e. The van der Waals surface area contributed by atoms with Gasteiger partial charge >= 0.3 is 5.97 Å². The first-order valence-corrected chi connectivity index (χ1v) is 6.47. The van der Waals surface area contributed by atoms with Gasteiger partial charge in [0.25, 0.3) is 0 Å². The van der Waals surface area contributed by atoms with Crippen molar-refractivity contribution in [1.82, 2.24) is 10.2 Å². The smallest absolute Gasteiger partial charge is 0.305 e. The molecular weight excluding hydrogens is 232 g/mol. The van der Waals surface area contributed by atoms with Gasteiger partial charge in [0.05, 0.1) is 12.3 Å². The summed E-state index contributed by atoms with van der Waals surface area (Å²) in [5.74, 6) is -0.513. The van der Waals surface area contributed by atoms with E-state index in [9.17, 15) is 9.59 Å². The average molecular weight is 256 g/mol. The Morgan fingerprint density at radius 2 is 1.94 bits per heavy atom. The highest BCUT2D eigenvalue weighted by atomic mass is 16.4. The molecule has 1 amide bonds. The summed E-state index contributed by atoms with van der Waals surface area (Å²) in [5, 5.41) is 12.0. The third-order valence-corrected chi connectivity index (χ3v) is 3.46. The minimum absolute atomic E-state index is 0.00244. The fraction of sp³-hybridized carbons (Fsp3) is 0.846. The molecule has 2 atom stereocenters. The third-order valence-electron chi connectivity index (χ3n) is 3.46. The van der Waals surface area contributed by atoms with Gasteiger partial charge in [-0.05, 0) is 33.2 Å². The van der Waals surface area contributed by atoms with Crippen molar-refractivity contribution in [2.24, 2.45) is 11.8 Å². The highest BCUT2D eigenvalue weighted by molar-refractivity contribution is 5.81. The summed E-state index contributed by atoms with van der Waals surface area (Å²) in [6.07, 6.45) is -0.00244. The van der Waals surface area contributed by atoms with E-state index in [2.05, 4.69) is 12.2 Å². The molecule has 1 aliphatic rings. The van der Waals surface area contributed by atoms with E-state index in [4.69, 9.17) is 5.11 Å². The normalized spacial score (nSPS) is 24.0. The Morgan fingerprint density at radius 1 is 1.33 bits per heavy atom. The maximum absolute atomic E-state index is 12.5. The lowest BCUT2D eigenvalue weighted by Crippen LogP contribution is -2.50. The fourth-order valence-corrected chi connectivity index (χ4v) is 2.32. The molecule has 18 heavy (non-hydrogen) atoms. The monoisotopic (exact) mass is 256 g/mol. The Balaban J connectivity index is 2.76. The highest BCUT2D eigenvalue weighted by Gasteiger charge is 2.36. The summed E-state index contributed by atoms with van der Waals surface area (Å²) < 4.78 is 0. The van der Waals surface area contributed by atoms with Crippen LogP contribution in [0.25, 0.3) is 0 Å². The summed E-state index contributed by atoms with van der Waals surface area (Å²) in [6.45, 7) is 9.72. The molecule has 0 bridgehead atoms. The Hall–Kier alpha value is -1.10. The van der Waals surface area contributed by atoms with Crippen LogP contribution in [-0.2, 0) is 9.59 Å². The number of aliphatic carboxylic acids is 1. The zero-order chi connectivity index (χ0) is 13.9. The zero-order valence-electron chi connectivity index (χ0n) is 11.7. The lowest BCUT2D eigenvalue weighted by Gasteiger charge is -2.37. The molecule has 1 rings (SSSR count). The third kappa shape index (κ3) is 3.70. The number of nitrogens with one attached hydrogen (secondary N) is 1. The molecule has 104 valence electrons. The SMILES string of the molecule is CC1CNCC1C(=O)N(CCC(=O)O)C(C)(C)C. The first kappa shape index (κ1) is 15.0. The predicted molar refractivity (Wildman–Crippen MR) is 69.2 cm³/mol. The van der Waals surface area contributed by atoms with Crippen LogP contribution in [0.5, 0.6) is 0 Å². The Bertz CT molecular complexity index is 323. The number of carbonyl (C=O) groups excluding carboxylic acids is 1. The van der Waals surface area contributed by atoms with Crippen LogP contribution in [0.4, 0.5) is 0 Å². The zero-order valence-corrected chi connectivity index (χ0v) is 11.7. The Kier molecular flexibility index (Phi) is 4.73. The van der Waals surface area contributed by atoms with Crippen LogP contribution in [0.1, 0.15) is 34.1 Å². The molecular formula is C13H24N2O3. The van der Waals surface area contributed by atoms with Crippen LogP contribution in [0, 0.1) is 11.8 Å². The van der Waals surface area contributed by atoms with E-state index in [1.165, 1.54) is 0 Å². The molecule has 0 aromatic carbocycles. The van der Waals surface area contributed by atoms with Crippen LogP contribution in [0.2, 0.25) is 0 Å². The molecule has 0 radical (unpaired) electrons. The second-order valence-corrected chi connectivity index (χ2v) is 6.05. The van der Waals surface area contributed by atoms with Crippen molar-refractivity contribution in [3.63, 3.8) is 0 Å². The molecule has 0 aliphatic carbocycles. The first-order valence-electron chi connectivity index (χ1n) is 6.47. The largest absolute Gasteiger partial charge is 0.481 e. The summed E-state index contributed by atoms with van der Waals surface area (Å²) in [5.41, 5.74) is -0.338. The van der Waals surface area contributed by atoms with Crippen molar-refractivity contribution in [2.45, 2.75) is 39.7 Å². The number of carboxylic acids is 1. The van der Waals surface area contributed by atoms with Gasteiger partial charge in [-0.3, -0.25) is 9.59 Å². The van der Waals surface area contributed by atoms with Crippen molar-refractivity contribution in [3.8, 4) is 0 Å². The van der Waals surface area contributed by atoms with Gasteiger partial charge < -0.3 is 15.3 Å². The van der Waals surface area contributed by atoms with E-state index in [0.717, 1.165) is 6.54 Å². The van der Waals surface area contributed by atoms with E-state index in [0.29, 0.717) is 12.5 Å². The highest BCUT2D eigenvalue weighted by Crippen LogP contribution is 2.23. The summed E-state index contributed by atoms with van der Waals surface area (Å²) in [7, 11) is 0. The number of amides is 1. The molecule has 0 saturated carbocycles. The second-order valence-electron chi connectivity index (χ2n) is 6.05. The minimum atomic E-state index is -0.866. The quantitative estimate of drug-likeness (QED) is 0.785. The molecule has 2 unspecified atom stereocenters. The van der Waals surface area contributed by atoms with Gasteiger partial charge in [-0.1, -0.05) is 6.92 Å². The molecule has 0 spiro atoms. The molecule has 5 heteroatoms. The van der Waals surface area contributed by atoms with Crippen LogP contribution in [0.3, 0.4) is 0 Å². The lowest BCUT2D eigenvalue weighted by atomic mass is 9.94. The van der Waals surface area contributed by atoms with E-state index >= 15 is 0 Å². The molecule has 1 saturated heterocycles. The number of hydrogen-bond acceptors (Lipinski definition) is 3. The number of rotatable bonds is 4. The molecule has 2 N–H and O–H groups in total. The van der Waals surface area contributed by atoms with Gasteiger partial charge in [0.15, 0.2) is 0 Å². The standard InChI is InChI=1S/C13H24N2O3/c1-9-7-14-8-10(9)12(18)15(13(2,3)4)6-5-11(16)17/h9-10,14H,5-8H2,1-4H3,(H,16,17). The number of carboxylic acid groups (broad SMARTS) is 1. The maximum atomic E-state index is 12.5. The van der Waals surface area contributed by atoms with Gasteiger partial charge in [-0.25, -0.2) is 0 Å². The molecule has 1 fully saturated rings. The van der Waals surface area contributed by atoms with Crippen molar-refractivity contribution in [2.75, 3.05) is 19.6 Å². The summed E-state index contributed by atoms with van der Waals surface area (Å²) >= 11 is 0. The van der Waals surface area contributed by atoms with Gasteiger partial charge in [0.2, 0.25) is 5.91 Å². The van der Waals surface area contributed by atoms with E-state index < -0.39 is 5.97 Å². The van der Waals surface area contributed by atoms with Crippen LogP contribution in [-0.4, -0.2) is 47.1 Å². The molecule has 1 heterocycles. The topological polar surface area (TPSA) is 69.6 Å². The Labute approximate surface area is 109 Å². The second kappa shape index (κ2) is 5.69. The predicted octanol–water partition coefficient (Wildman–Crippen LogP) is 0.944. The van der Waals surface area contributed by atoms with Crippen molar-refractivity contribution < 1.29 is 14.7 Å².